The average molecular weight is 358 g/mol. The van der Waals surface area contributed by atoms with E-state index in [1.165, 1.54) is 18.7 Å². The van der Waals surface area contributed by atoms with E-state index in [1.54, 1.807) is 32.9 Å². The third-order valence-corrected chi connectivity index (χ3v) is 3.75. The summed E-state index contributed by atoms with van der Waals surface area (Å²) in [6.07, 6.45) is 0. The lowest BCUT2D eigenvalue weighted by atomic mass is 9.97. The highest BCUT2D eigenvalue weighted by molar-refractivity contribution is 5.92. The van der Waals surface area contributed by atoms with Crippen LogP contribution in [-0.2, 0) is 16.6 Å². The molecule has 0 saturated carbocycles. The first-order chi connectivity index (χ1) is 12.1. The predicted octanol–water partition coefficient (Wildman–Crippen LogP) is 2.49. The van der Waals surface area contributed by atoms with Crippen LogP contribution in [0.2, 0.25) is 0 Å². The van der Waals surface area contributed by atoms with E-state index in [2.05, 4.69) is 4.98 Å². The topological polar surface area (TPSA) is 87.5 Å². The van der Waals surface area contributed by atoms with Crippen LogP contribution in [-0.4, -0.2) is 28.6 Å². The molecule has 0 aliphatic rings. The van der Waals surface area contributed by atoms with Crippen molar-refractivity contribution < 1.29 is 19.1 Å². The van der Waals surface area contributed by atoms with Crippen LogP contribution in [0.1, 0.15) is 36.8 Å². The molecule has 138 valence electrons. The Kier molecular flexibility index (Phi) is 5.30. The van der Waals surface area contributed by atoms with E-state index in [4.69, 9.17) is 9.47 Å². The van der Waals surface area contributed by atoms with Gasteiger partial charge in [0.2, 0.25) is 5.75 Å². The smallest absolute Gasteiger partial charge is 0.360 e. The van der Waals surface area contributed by atoms with Gasteiger partial charge in [0, 0.05) is 12.6 Å². The van der Waals surface area contributed by atoms with Crippen molar-refractivity contribution in [3.8, 4) is 17.1 Å². The number of carbonyl (C=O) groups excluding carboxylic acids is 2. The third kappa shape index (κ3) is 3.82. The van der Waals surface area contributed by atoms with Gasteiger partial charge in [0.05, 0.1) is 12.5 Å². The van der Waals surface area contributed by atoms with E-state index in [9.17, 15) is 14.4 Å². The van der Waals surface area contributed by atoms with Gasteiger partial charge >= 0.3 is 11.9 Å². The van der Waals surface area contributed by atoms with E-state index >= 15 is 0 Å². The van der Waals surface area contributed by atoms with Gasteiger partial charge < -0.3 is 9.47 Å². The molecule has 0 spiro atoms. The second-order valence-corrected chi connectivity index (χ2v) is 6.97. The highest BCUT2D eigenvalue weighted by Crippen LogP contribution is 2.23. The fourth-order valence-corrected chi connectivity index (χ4v) is 2.12. The summed E-state index contributed by atoms with van der Waals surface area (Å²) in [4.78, 5) is 41.4. The van der Waals surface area contributed by atoms with E-state index in [0.29, 0.717) is 5.56 Å². The molecule has 2 aromatic rings. The summed E-state index contributed by atoms with van der Waals surface area (Å²) in [5.74, 6) is -1.67. The highest BCUT2D eigenvalue weighted by atomic mass is 16.5. The van der Waals surface area contributed by atoms with Gasteiger partial charge in [-0.1, -0.05) is 29.8 Å². The Morgan fingerprint density at radius 3 is 2.19 bits per heavy atom. The first-order valence-electron chi connectivity index (χ1n) is 8.05. The van der Waals surface area contributed by atoms with E-state index in [1.807, 2.05) is 19.1 Å². The second kappa shape index (κ2) is 7.11. The molecular formula is C19H22N2O5. The van der Waals surface area contributed by atoms with Crippen molar-refractivity contribution in [3.63, 3.8) is 0 Å². The molecular weight excluding hydrogens is 336 g/mol. The lowest BCUT2D eigenvalue weighted by molar-refractivity contribution is -0.143. The minimum atomic E-state index is -0.854. The monoisotopic (exact) mass is 358 g/mol. The van der Waals surface area contributed by atoms with Gasteiger partial charge in [-0.25, -0.2) is 9.78 Å². The number of methoxy groups -OCH3 is 1. The quantitative estimate of drug-likeness (QED) is 0.784. The van der Waals surface area contributed by atoms with Crippen molar-refractivity contribution in [1.82, 2.24) is 9.55 Å². The zero-order valence-electron chi connectivity index (χ0n) is 15.7. The minimum Gasteiger partial charge on any atom is -0.464 e. The molecule has 2 rings (SSSR count). The molecule has 1 aromatic heterocycles. The van der Waals surface area contributed by atoms with Gasteiger partial charge in [0.1, 0.15) is 5.82 Å². The molecule has 0 radical (unpaired) electrons. The molecule has 0 atom stereocenters. The normalized spacial score (nSPS) is 11.2. The van der Waals surface area contributed by atoms with Crippen molar-refractivity contribution in [2.45, 2.75) is 27.7 Å². The summed E-state index contributed by atoms with van der Waals surface area (Å²) in [5.41, 5.74) is -0.136. The fourth-order valence-electron chi connectivity index (χ4n) is 2.12. The number of carbonyl (C=O) groups is 2. The molecule has 0 N–H and O–H groups in total. The predicted molar refractivity (Wildman–Crippen MR) is 96.1 cm³/mol. The van der Waals surface area contributed by atoms with Crippen LogP contribution in [0.15, 0.2) is 29.1 Å². The Hall–Kier alpha value is -2.96. The Bertz CT molecular complexity index is 905. The van der Waals surface area contributed by atoms with Gasteiger partial charge in [-0.2, -0.15) is 0 Å². The zero-order chi connectivity index (χ0) is 19.6. The summed E-state index contributed by atoms with van der Waals surface area (Å²) in [7, 11) is 2.67. The molecule has 26 heavy (non-hydrogen) atoms. The average Bonchev–Trinajstić information content (AvgIpc) is 2.58. The number of ether oxygens (including phenoxy) is 2. The Labute approximate surface area is 151 Å². The van der Waals surface area contributed by atoms with Gasteiger partial charge in [0.25, 0.3) is 5.56 Å². The Morgan fingerprint density at radius 1 is 1.12 bits per heavy atom. The first kappa shape index (κ1) is 19.4. The molecule has 0 saturated heterocycles. The lowest BCUT2D eigenvalue weighted by Crippen LogP contribution is -2.32. The van der Waals surface area contributed by atoms with Crippen LogP contribution in [0.4, 0.5) is 0 Å². The molecule has 0 aliphatic heterocycles. The summed E-state index contributed by atoms with van der Waals surface area (Å²) in [6.45, 7) is 6.87. The largest absolute Gasteiger partial charge is 0.464 e. The maximum Gasteiger partial charge on any atom is 0.360 e. The number of esters is 2. The van der Waals surface area contributed by atoms with Crippen molar-refractivity contribution in [3.05, 3.63) is 45.9 Å². The summed E-state index contributed by atoms with van der Waals surface area (Å²) >= 11 is 0. The molecule has 0 bridgehead atoms. The maximum atomic E-state index is 12.8. The minimum absolute atomic E-state index is 0.269. The number of nitrogens with zero attached hydrogens (tertiary/aromatic N) is 2. The van der Waals surface area contributed by atoms with Crippen molar-refractivity contribution in [2.24, 2.45) is 12.5 Å². The van der Waals surface area contributed by atoms with Crippen LogP contribution in [0.3, 0.4) is 0 Å². The molecule has 0 fully saturated rings. The second-order valence-electron chi connectivity index (χ2n) is 6.97. The van der Waals surface area contributed by atoms with Gasteiger partial charge in [-0.3, -0.25) is 14.2 Å². The number of benzene rings is 1. The maximum absolute atomic E-state index is 12.8. The number of hydrogen-bond donors (Lipinski definition) is 0. The standard InChI is InChI=1S/C19H22N2O5/c1-11-7-9-12(10-8-11)15-20-13(17(23)25-6)14(16(22)21(15)5)26-18(24)19(2,3)4/h7-10H,1-6H3. The van der Waals surface area contributed by atoms with E-state index in [-0.39, 0.29) is 11.5 Å². The molecule has 7 nitrogen and oxygen atoms in total. The molecule has 0 unspecified atom stereocenters. The molecule has 0 aliphatic carbocycles. The first-order valence-corrected chi connectivity index (χ1v) is 8.05. The van der Waals surface area contributed by atoms with Gasteiger partial charge in [0.15, 0.2) is 5.69 Å². The van der Waals surface area contributed by atoms with E-state index in [0.717, 1.165) is 5.56 Å². The Balaban J connectivity index is 2.68. The van der Waals surface area contributed by atoms with Crippen molar-refractivity contribution >= 4 is 11.9 Å². The van der Waals surface area contributed by atoms with Crippen LogP contribution >= 0.6 is 0 Å². The molecule has 1 aromatic carbocycles. The molecule has 1 heterocycles. The number of aryl methyl sites for hydroxylation is 1. The molecule has 0 amide bonds. The number of aromatic nitrogens is 2. The summed E-state index contributed by atoms with van der Waals surface area (Å²) < 4.78 is 11.2. The van der Waals surface area contributed by atoms with E-state index < -0.39 is 28.7 Å². The van der Waals surface area contributed by atoms with Crippen molar-refractivity contribution in [1.29, 1.82) is 0 Å². The van der Waals surface area contributed by atoms with Crippen LogP contribution in [0.25, 0.3) is 11.4 Å². The van der Waals surface area contributed by atoms with Crippen LogP contribution in [0, 0.1) is 12.3 Å². The summed E-state index contributed by atoms with van der Waals surface area (Å²) in [5, 5.41) is 0. The Morgan fingerprint density at radius 2 is 1.69 bits per heavy atom. The summed E-state index contributed by atoms with van der Waals surface area (Å²) in [6, 6.07) is 7.32. The van der Waals surface area contributed by atoms with Crippen LogP contribution in [0.5, 0.6) is 5.75 Å². The van der Waals surface area contributed by atoms with Crippen LogP contribution < -0.4 is 10.3 Å². The fraction of sp³-hybridized carbons (Fsp3) is 0.368. The van der Waals surface area contributed by atoms with Crippen molar-refractivity contribution in [2.75, 3.05) is 7.11 Å². The van der Waals surface area contributed by atoms with Gasteiger partial charge in [-0.05, 0) is 27.7 Å². The number of rotatable bonds is 3. The number of hydrogen-bond acceptors (Lipinski definition) is 6. The molecule has 7 heteroatoms. The SMILES string of the molecule is COC(=O)c1nc(-c2ccc(C)cc2)n(C)c(=O)c1OC(=O)C(C)(C)C. The lowest BCUT2D eigenvalue weighted by Gasteiger charge is -2.18. The van der Waals surface area contributed by atoms with Gasteiger partial charge in [-0.15, -0.1) is 0 Å². The highest BCUT2D eigenvalue weighted by Gasteiger charge is 2.30. The third-order valence-electron chi connectivity index (χ3n) is 3.75. The zero-order valence-corrected chi connectivity index (χ0v) is 15.7.